The van der Waals surface area contributed by atoms with Crippen molar-refractivity contribution in [3.63, 3.8) is 0 Å². The molecule has 6 heteroatoms. The molecular weight excluding hydrogens is 218 g/mol. The van der Waals surface area contributed by atoms with E-state index < -0.39 is 0 Å². The summed E-state index contributed by atoms with van der Waals surface area (Å²) in [5.74, 6) is 1.24. The minimum Gasteiger partial charge on any atom is -0.336 e. The molecule has 0 aliphatic carbocycles. The summed E-state index contributed by atoms with van der Waals surface area (Å²) in [6.45, 7) is 6.05. The summed E-state index contributed by atoms with van der Waals surface area (Å²) in [5.41, 5.74) is 5.95. The van der Waals surface area contributed by atoms with Crippen molar-refractivity contribution in [3.8, 4) is 0 Å². The second kappa shape index (κ2) is 5.46. The monoisotopic (exact) mass is 239 g/mol. The molecule has 0 aromatic carbocycles. The molecule has 0 unspecified atom stereocenters. The summed E-state index contributed by atoms with van der Waals surface area (Å²) in [6, 6.07) is -0.131. The Morgan fingerprint density at radius 1 is 1.35 bits per heavy atom. The largest absolute Gasteiger partial charge is 0.336 e. The van der Waals surface area contributed by atoms with Crippen LogP contribution in [0.4, 0.5) is 5.95 Å². The standard InChI is InChI=1S/C11H21N5O/c1-3-4-9(12)10-13-11(14-17-10)16-7-5-15(2)6-8-16/h9H,3-8,12H2,1-2H3/t9-/m1/s1. The second-order valence-electron chi connectivity index (χ2n) is 4.62. The van der Waals surface area contributed by atoms with E-state index >= 15 is 0 Å². The second-order valence-corrected chi connectivity index (χ2v) is 4.62. The molecule has 2 heterocycles. The number of nitrogens with two attached hydrogens (primary N) is 1. The molecule has 1 aliphatic heterocycles. The van der Waals surface area contributed by atoms with E-state index in [4.69, 9.17) is 10.3 Å². The molecule has 0 bridgehead atoms. The van der Waals surface area contributed by atoms with Gasteiger partial charge in [-0.3, -0.25) is 0 Å². The molecule has 1 atom stereocenters. The Morgan fingerprint density at radius 3 is 2.71 bits per heavy atom. The molecule has 1 aliphatic rings. The maximum absolute atomic E-state index is 5.95. The highest BCUT2D eigenvalue weighted by atomic mass is 16.5. The van der Waals surface area contributed by atoms with Crippen LogP contribution in [-0.2, 0) is 0 Å². The fourth-order valence-corrected chi connectivity index (χ4v) is 1.95. The molecule has 1 aromatic rings. The van der Waals surface area contributed by atoms with Gasteiger partial charge in [0.25, 0.3) is 5.95 Å². The average molecular weight is 239 g/mol. The number of anilines is 1. The molecule has 1 saturated heterocycles. The maximum atomic E-state index is 5.95. The van der Waals surface area contributed by atoms with Gasteiger partial charge < -0.3 is 20.1 Å². The van der Waals surface area contributed by atoms with Crippen LogP contribution < -0.4 is 10.6 Å². The van der Waals surface area contributed by atoms with Gasteiger partial charge in [-0.25, -0.2) is 0 Å². The number of hydrogen-bond acceptors (Lipinski definition) is 6. The van der Waals surface area contributed by atoms with E-state index in [0.717, 1.165) is 39.0 Å². The van der Waals surface area contributed by atoms with Crippen LogP contribution in [0.2, 0.25) is 0 Å². The van der Waals surface area contributed by atoms with Gasteiger partial charge >= 0.3 is 0 Å². The molecule has 2 N–H and O–H groups in total. The van der Waals surface area contributed by atoms with Crippen molar-refractivity contribution in [2.45, 2.75) is 25.8 Å². The molecular formula is C11H21N5O. The van der Waals surface area contributed by atoms with E-state index in [9.17, 15) is 0 Å². The summed E-state index contributed by atoms with van der Waals surface area (Å²) < 4.78 is 5.22. The Balaban J connectivity index is 1.98. The lowest BCUT2D eigenvalue weighted by Crippen LogP contribution is -2.44. The van der Waals surface area contributed by atoms with Crippen molar-refractivity contribution in [1.29, 1.82) is 0 Å². The van der Waals surface area contributed by atoms with E-state index in [1.54, 1.807) is 0 Å². The number of aromatic nitrogens is 2. The molecule has 1 fully saturated rings. The van der Waals surface area contributed by atoms with Gasteiger partial charge in [-0.15, -0.1) is 0 Å². The fraction of sp³-hybridized carbons (Fsp3) is 0.818. The molecule has 0 amide bonds. The van der Waals surface area contributed by atoms with Crippen molar-refractivity contribution >= 4 is 5.95 Å². The van der Waals surface area contributed by atoms with Crippen molar-refractivity contribution in [3.05, 3.63) is 5.89 Å². The van der Waals surface area contributed by atoms with E-state index in [-0.39, 0.29) is 6.04 Å². The third kappa shape index (κ3) is 2.95. The summed E-state index contributed by atoms with van der Waals surface area (Å²) in [4.78, 5) is 8.82. The molecule has 96 valence electrons. The van der Waals surface area contributed by atoms with E-state index in [1.165, 1.54) is 0 Å². The Bertz CT molecular complexity index is 345. The third-order valence-corrected chi connectivity index (χ3v) is 3.13. The summed E-state index contributed by atoms with van der Waals surface area (Å²) in [7, 11) is 2.12. The fourth-order valence-electron chi connectivity index (χ4n) is 1.95. The predicted molar refractivity (Wildman–Crippen MR) is 65.8 cm³/mol. The molecule has 0 radical (unpaired) electrons. The highest BCUT2D eigenvalue weighted by Crippen LogP contribution is 2.17. The van der Waals surface area contributed by atoms with Crippen LogP contribution in [0, 0.1) is 0 Å². The van der Waals surface area contributed by atoms with Crippen molar-refractivity contribution in [2.75, 3.05) is 38.1 Å². The lowest BCUT2D eigenvalue weighted by molar-refractivity contribution is 0.307. The number of likely N-dealkylation sites (N-methyl/N-ethyl adjacent to an activating group) is 1. The Kier molecular flexibility index (Phi) is 3.96. The number of hydrogen-bond donors (Lipinski definition) is 1. The summed E-state index contributed by atoms with van der Waals surface area (Å²) in [5, 5.41) is 4.01. The SMILES string of the molecule is CCC[C@@H](N)c1nc(N2CCN(C)CC2)no1. The molecule has 0 saturated carbocycles. The first-order valence-electron chi connectivity index (χ1n) is 6.23. The smallest absolute Gasteiger partial charge is 0.266 e. The van der Waals surface area contributed by atoms with Crippen LogP contribution in [0.25, 0.3) is 0 Å². The van der Waals surface area contributed by atoms with Crippen LogP contribution in [0.1, 0.15) is 31.7 Å². The Labute approximate surface area is 102 Å². The molecule has 0 spiro atoms. The van der Waals surface area contributed by atoms with E-state index in [0.29, 0.717) is 11.8 Å². The minimum atomic E-state index is -0.131. The van der Waals surface area contributed by atoms with Crippen molar-refractivity contribution in [2.24, 2.45) is 5.73 Å². The quantitative estimate of drug-likeness (QED) is 0.830. The highest BCUT2D eigenvalue weighted by Gasteiger charge is 2.20. The van der Waals surface area contributed by atoms with Crippen LogP contribution in [0.5, 0.6) is 0 Å². The third-order valence-electron chi connectivity index (χ3n) is 3.13. The van der Waals surface area contributed by atoms with Gasteiger partial charge in [-0.2, -0.15) is 4.98 Å². The zero-order chi connectivity index (χ0) is 12.3. The van der Waals surface area contributed by atoms with Gasteiger partial charge in [0.2, 0.25) is 5.89 Å². The lowest BCUT2D eigenvalue weighted by Gasteiger charge is -2.31. The topological polar surface area (TPSA) is 71.4 Å². The van der Waals surface area contributed by atoms with Crippen LogP contribution in [0.3, 0.4) is 0 Å². The Morgan fingerprint density at radius 2 is 2.06 bits per heavy atom. The maximum Gasteiger partial charge on any atom is 0.266 e. The first kappa shape index (κ1) is 12.3. The summed E-state index contributed by atoms with van der Waals surface area (Å²) >= 11 is 0. The predicted octanol–water partition coefficient (Wildman–Crippen LogP) is 0.621. The number of nitrogens with zero attached hydrogens (tertiary/aromatic N) is 4. The number of rotatable bonds is 4. The lowest BCUT2D eigenvalue weighted by atomic mass is 10.2. The summed E-state index contributed by atoms with van der Waals surface area (Å²) in [6.07, 6.45) is 1.90. The van der Waals surface area contributed by atoms with Gasteiger partial charge in [-0.05, 0) is 18.6 Å². The number of piperazine rings is 1. The molecule has 2 rings (SSSR count). The molecule has 6 nitrogen and oxygen atoms in total. The minimum absolute atomic E-state index is 0.131. The Hall–Kier alpha value is -1.14. The first-order chi connectivity index (χ1) is 8.20. The normalized spacial score (nSPS) is 19.6. The average Bonchev–Trinajstić information content (AvgIpc) is 2.80. The highest BCUT2D eigenvalue weighted by molar-refractivity contribution is 5.28. The zero-order valence-electron chi connectivity index (χ0n) is 10.6. The van der Waals surface area contributed by atoms with Crippen molar-refractivity contribution < 1.29 is 4.52 Å². The van der Waals surface area contributed by atoms with Gasteiger partial charge in [0.05, 0.1) is 6.04 Å². The van der Waals surface area contributed by atoms with Gasteiger partial charge in [-0.1, -0.05) is 13.3 Å². The van der Waals surface area contributed by atoms with Gasteiger partial charge in [0.1, 0.15) is 0 Å². The van der Waals surface area contributed by atoms with Crippen LogP contribution >= 0.6 is 0 Å². The van der Waals surface area contributed by atoms with Gasteiger partial charge in [0.15, 0.2) is 0 Å². The van der Waals surface area contributed by atoms with Gasteiger partial charge in [0, 0.05) is 26.2 Å². The van der Waals surface area contributed by atoms with Crippen LogP contribution in [0.15, 0.2) is 4.52 Å². The van der Waals surface area contributed by atoms with Crippen LogP contribution in [-0.4, -0.2) is 48.3 Å². The molecule has 1 aromatic heterocycles. The van der Waals surface area contributed by atoms with E-state index in [1.807, 2.05) is 0 Å². The van der Waals surface area contributed by atoms with Crippen molar-refractivity contribution in [1.82, 2.24) is 15.0 Å². The zero-order valence-corrected chi connectivity index (χ0v) is 10.6. The first-order valence-corrected chi connectivity index (χ1v) is 6.23. The van der Waals surface area contributed by atoms with E-state index in [2.05, 4.69) is 33.9 Å². The molecule has 17 heavy (non-hydrogen) atoms.